The summed E-state index contributed by atoms with van der Waals surface area (Å²) < 4.78 is 28.1. The highest BCUT2D eigenvalue weighted by Gasteiger charge is 2.52. The highest BCUT2D eigenvalue weighted by Crippen LogP contribution is 2.56. The first-order chi connectivity index (χ1) is 22.4. The number of carbonyl (C=O) groups excluding carboxylic acids is 2. The second-order valence-electron chi connectivity index (χ2n) is 11.6. The van der Waals surface area contributed by atoms with Crippen molar-refractivity contribution in [2.45, 2.75) is 18.4 Å². The number of anilines is 1. The number of hydrogen-bond donors (Lipinski definition) is 3. The first kappa shape index (κ1) is 29.3. The maximum absolute atomic E-state index is 13.4. The highest BCUT2D eigenvalue weighted by atomic mass is 16.7. The van der Waals surface area contributed by atoms with Gasteiger partial charge in [-0.05, 0) is 77.2 Å². The second kappa shape index (κ2) is 12.2. The standard InChI is InChI=1S/C36H34N2O8/c1-42-29-14-22(15-30(43-2)34(29)39)31-24-16-27-28(46-19-45-27)17-25(24)33(26-18-44-36(41)32(26)31)38-23-10-8-21(9-11-23)35(40)37-13-12-20-6-4-3-5-7-20/h3-11,14-17,26,31-33,38-39H,12-13,18-19H2,1-2H3,(H,37,40)/t26-,31+,32-,33+/m0/s1. The Kier molecular flexibility index (Phi) is 7.78. The van der Waals surface area contributed by atoms with Crippen LogP contribution in [0, 0.1) is 11.8 Å². The van der Waals surface area contributed by atoms with Gasteiger partial charge in [0, 0.05) is 29.6 Å². The van der Waals surface area contributed by atoms with Gasteiger partial charge in [-0.3, -0.25) is 9.59 Å². The Morgan fingerprint density at radius 3 is 2.24 bits per heavy atom. The van der Waals surface area contributed by atoms with Crippen molar-refractivity contribution in [1.82, 2.24) is 5.32 Å². The zero-order chi connectivity index (χ0) is 31.8. The number of ether oxygens (including phenoxy) is 5. The third kappa shape index (κ3) is 5.29. The fraction of sp³-hybridized carbons (Fsp3) is 0.278. The molecule has 46 heavy (non-hydrogen) atoms. The van der Waals surface area contributed by atoms with Gasteiger partial charge in [0.2, 0.25) is 12.5 Å². The van der Waals surface area contributed by atoms with Crippen LogP contribution in [-0.4, -0.2) is 51.1 Å². The van der Waals surface area contributed by atoms with E-state index in [1.54, 1.807) is 24.3 Å². The van der Waals surface area contributed by atoms with Gasteiger partial charge in [-0.2, -0.15) is 0 Å². The average molecular weight is 623 g/mol. The molecule has 7 rings (SSSR count). The van der Waals surface area contributed by atoms with E-state index in [1.807, 2.05) is 54.6 Å². The molecule has 4 atom stereocenters. The van der Waals surface area contributed by atoms with Crippen LogP contribution < -0.4 is 29.6 Å². The predicted octanol–water partition coefficient (Wildman–Crippen LogP) is 5.20. The van der Waals surface area contributed by atoms with Crippen molar-refractivity contribution in [2.75, 3.05) is 39.5 Å². The summed E-state index contributed by atoms with van der Waals surface area (Å²) in [6, 6.07) is 24.4. The zero-order valence-corrected chi connectivity index (χ0v) is 25.4. The molecule has 0 unspecified atom stereocenters. The number of amides is 1. The number of methoxy groups -OCH3 is 2. The molecule has 10 heteroatoms. The van der Waals surface area contributed by atoms with Gasteiger partial charge in [-0.1, -0.05) is 30.3 Å². The Morgan fingerprint density at radius 2 is 1.57 bits per heavy atom. The first-order valence-electron chi connectivity index (χ1n) is 15.2. The van der Waals surface area contributed by atoms with Crippen LogP contribution in [0.5, 0.6) is 28.7 Å². The fourth-order valence-corrected chi connectivity index (χ4v) is 6.81. The van der Waals surface area contributed by atoms with Gasteiger partial charge in [0.05, 0.1) is 32.8 Å². The van der Waals surface area contributed by atoms with Gasteiger partial charge in [0.25, 0.3) is 5.91 Å². The van der Waals surface area contributed by atoms with Crippen LogP contribution in [-0.2, 0) is 16.0 Å². The zero-order valence-electron chi connectivity index (χ0n) is 25.4. The van der Waals surface area contributed by atoms with E-state index in [9.17, 15) is 14.7 Å². The van der Waals surface area contributed by atoms with E-state index in [2.05, 4.69) is 10.6 Å². The second-order valence-corrected chi connectivity index (χ2v) is 11.6. The summed E-state index contributed by atoms with van der Waals surface area (Å²) in [6.07, 6.45) is 0.750. The summed E-state index contributed by atoms with van der Waals surface area (Å²) in [7, 11) is 2.94. The molecule has 2 aliphatic heterocycles. The van der Waals surface area contributed by atoms with Crippen molar-refractivity contribution in [2.24, 2.45) is 11.8 Å². The SMILES string of the molecule is COc1cc([C@@H]2c3cc4c(cc3[C@@H](Nc3ccc(C(=O)NCCc5ccccc5)cc3)[C@H]3COC(=O)[C@H]23)OCO4)cc(OC)c1O. The maximum Gasteiger partial charge on any atom is 0.310 e. The largest absolute Gasteiger partial charge is 0.502 e. The average Bonchev–Trinajstić information content (AvgIpc) is 3.71. The highest BCUT2D eigenvalue weighted by molar-refractivity contribution is 5.94. The summed E-state index contributed by atoms with van der Waals surface area (Å²) in [4.78, 5) is 26.3. The molecule has 10 nitrogen and oxygen atoms in total. The molecule has 0 bridgehead atoms. The number of hydrogen-bond acceptors (Lipinski definition) is 9. The van der Waals surface area contributed by atoms with Gasteiger partial charge in [0.1, 0.15) is 0 Å². The number of fused-ring (bicyclic) bond motifs is 3. The van der Waals surface area contributed by atoms with Crippen molar-refractivity contribution < 1.29 is 38.4 Å². The van der Waals surface area contributed by atoms with Gasteiger partial charge in [-0.15, -0.1) is 0 Å². The summed E-state index contributed by atoms with van der Waals surface area (Å²) in [5.74, 6) is -0.0933. The lowest BCUT2D eigenvalue weighted by molar-refractivity contribution is -0.141. The number of benzene rings is 4. The molecule has 4 aromatic rings. The quantitative estimate of drug-likeness (QED) is 0.216. The van der Waals surface area contributed by atoms with E-state index in [1.165, 1.54) is 14.2 Å². The molecule has 2 heterocycles. The van der Waals surface area contributed by atoms with Crippen molar-refractivity contribution >= 4 is 17.6 Å². The number of phenols is 1. The Morgan fingerprint density at radius 1 is 0.891 bits per heavy atom. The van der Waals surface area contributed by atoms with Crippen molar-refractivity contribution in [1.29, 1.82) is 0 Å². The first-order valence-corrected chi connectivity index (χ1v) is 15.2. The van der Waals surface area contributed by atoms with Gasteiger partial charge < -0.3 is 39.4 Å². The molecule has 1 fully saturated rings. The Bertz CT molecular complexity index is 1750. The maximum atomic E-state index is 13.4. The number of aromatic hydroxyl groups is 1. The van der Waals surface area contributed by atoms with Crippen LogP contribution in [0.2, 0.25) is 0 Å². The normalized spacial score (nSPS) is 20.7. The molecule has 4 aromatic carbocycles. The van der Waals surface area contributed by atoms with Crippen molar-refractivity contribution in [3.63, 3.8) is 0 Å². The number of carbonyl (C=O) groups is 2. The molecule has 1 amide bonds. The molecule has 0 spiro atoms. The third-order valence-corrected chi connectivity index (χ3v) is 9.06. The third-order valence-electron chi connectivity index (χ3n) is 9.06. The van der Waals surface area contributed by atoms with Crippen LogP contribution in [0.15, 0.2) is 78.9 Å². The van der Waals surface area contributed by atoms with Crippen LogP contribution in [0.1, 0.15) is 44.6 Å². The van der Waals surface area contributed by atoms with Gasteiger partial charge in [0.15, 0.2) is 23.0 Å². The van der Waals surface area contributed by atoms with Gasteiger partial charge >= 0.3 is 5.97 Å². The van der Waals surface area contributed by atoms with Crippen LogP contribution in [0.25, 0.3) is 0 Å². The lowest BCUT2D eigenvalue weighted by atomic mass is 9.65. The van der Waals surface area contributed by atoms with E-state index in [4.69, 9.17) is 23.7 Å². The van der Waals surface area contributed by atoms with E-state index in [0.717, 1.165) is 34.4 Å². The van der Waals surface area contributed by atoms with Crippen LogP contribution in [0.4, 0.5) is 5.69 Å². The predicted molar refractivity (Wildman–Crippen MR) is 169 cm³/mol. The number of nitrogens with one attached hydrogen (secondary N) is 2. The van der Waals surface area contributed by atoms with E-state index in [0.29, 0.717) is 23.6 Å². The smallest absolute Gasteiger partial charge is 0.310 e. The lowest BCUT2D eigenvalue weighted by Crippen LogP contribution is -2.37. The Balaban J connectivity index is 1.20. The molecular formula is C36H34N2O8. The molecule has 1 saturated heterocycles. The minimum absolute atomic E-state index is 0.103. The molecule has 0 radical (unpaired) electrons. The lowest BCUT2D eigenvalue weighted by Gasteiger charge is -2.40. The Labute approximate surface area is 266 Å². The Hall–Kier alpha value is -5.38. The van der Waals surface area contributed by atoms with Crippen LogP contribution in [0.3, 0.4) is 0 Å². The molecular weight excluding hydrogens is 588 g/mol. The summed E-state index contributed by atoms with van der Waals surface area (Å²) in [6.45, 7) is 0.861. The molecule has 1 aliphatic carbocycles. The summed E-state index contributed by atoms with van der Waals surface area (Å²) in [5, 5.41) is 17.2. The topological polar surface area (TPSA) is 125 Å². The minimum atomic E-state index is -0.543. The minimum Gasteiger partial charge on any atom is -0.502 e. The van der Waals surface area contributed by atoms with Gasteiger partial charge in [-0.25, -0.2) is 0 Å². The number of esters is 1. The van der Waals surface area contributed by atoms with Crippen LogP contribution >= 0.6 is 0 Å². The van der Waals surface area contributed by atoms with E-state index < -0.39 is 11.8 Å². The monoisotopic (exact) mass is 622 g/mol. The summed E-state index contributed by atoms with van der Waals surface area (Å²) >= 11 is 0. The molecule has 0 aromatic heterocycles. The van der Waals surface area contributed by atoms with E-state index in [-0.39, 0.29) is 54.5 Å². The number of cyclic esters (lactones) is 1. The van der Waals surface area contributed by atoms with Crippen molar-refractivity contribution in [3.8, 4) is 28.7 Å². The number of rotatable bonds is 9. The molecule has 3 aliphatic rings. The fourth-order valence-electron chi connectivity index (χ4n) is 6.81. The molecule has 0 saturated carbocycles. The summed E-state index contributed by atoms with van der Waals surface area (Å²) in [5.41, 5.74) is 5.05. The van der Waals surface area contributed by atoms with E-state index >= 15 is 0 Å². The van der Waals surface area contributed by atoms with Crippen molar-refractivity contribution in [3.05, 3.63) is 107 Å². The molecule has 236 valence electrons. The molecule has 3 N–H and O–H groups in total. The number of phenolic OH excluding ortho intramolecular Hbond substituents is 1.